The van der Waals surface area contributed by atoms with Gasteiger partial charge in [-0.3, -0.25) is 9.80 Å². The normalized spacial score (nSPS) is 22.9. The van der Waals surface area contributed by atoms with Gasteiger partial charge in [-0.15, -0.1) is 0 Å². The molecular weight excluding hydrogens is 234 g/mol. The molecule has 0 aromatic carbocycles. The fraction of sp³-hybridized carbons (Fsp3) is 0.615. The summed E-state index contributed by atoms with van der Waals surface area (Å²) >= 11 is 5.78. The standard InChI is InChI=1S/C13H20ClN3/c1-3-17-7-6-16(9-11(17)2)10-12-4-5-13(14)15-8-12/h4-5,8,11H,3,6-7,9-10H2,1-2H3. The van der Waals surface area contributed by atoms with Gasteiger partial charge in [0, 0.05) is 38.4 Å². The van der Waals surface area contributed by atoms with Crippen LogP contribution in [0.1, 0.15) is 19.4 Å². The van der Waals surface area contributed by atoms with Crippen molar-refractivity contribution in [2.24, 2.45) is 0 Å². The van der Waals surface area contributed by atoms with E-state index in [9.17, 15) is 0 Å². The Kier molecular flexibility index (Phi) is 4.37. The van der Waals surface area contributed by atoms with Crippen LogP contribution in [0.2, 0.25) is 5.15 Å². The molecule has 1 aromatic rings. The number of halogens is 1. The lowest BCUT2D eigenvalue weighted by Gasteiger charge is -2.39. The van der Waals surface area contributed by atoms with E-state index in [0.29, 0.717) is 11.2 Å². The van der Waals surface area contributed by atoms with Crippen molar-refractivity contribution in [1.29, 1.82) is 0 Å². The minimum atomic E-state index is 0.568. The lowest BCUT2D eigenvalue weighted by molar-refractivity contribution is 0.0834. The van der Waals surface area contributed by atoms with E-state index < -0.39 is 0 Å². The van der Waals surface area contributed by atoms with E-state index in [0.717, 1.165) is 26.2 Å². The second kappa shape index (κ2) is 5.80. The van der Waals surface area contributed by atoms with Crippen molar-refractivity contribution >= 4 is 11.6 Å². The van der Waals surface area contributed by atoms with E-state index in [1.54, 1.807) is 0 Å². The molecular formula is C13H20ClN3. The molecule has 1 fully saturated rings. The first-order valence-corrected chi connectivity index (χ1v) is 6.63. The first-order chi connectivity index (χ1) is 8.19. The number of rotatable bonds is 3. The molecule has 0 saturated carbocycles. The van der Waals surface area contributed by atoms with Gasteiger partial charge in [-0.25, -0.2) is 4.98 Å². The Labute approximate surface area is 108 Å². The molecule has 2 rings (SSSR count). The highest BCUT2D eigenvalue weighted by Gasteiger charge is 2.22. The van der Waals surface area contributed by atoms with Crippen LogP contribution < -0.4 is 0 Å². The van der Waals surface area contributed by atoms with Gasteiger partial charge in [-0.1, -0.05) is 24.6 Å². The maximum absolute atomic E-state index is 5.78. The van der Waals surface area contributed by atoms with Gasteiger partial charge in [-0.2, -0.15) is 0 Å². The number of pyridine rings is 1. The second-order valence-electron chi connectivity index (χ2n) is 4.70. The number of piperazine rings is 1. The summed E-state index contributed by atoms with van der Waals surface area (Å²) in [6.45, 7) is 10.1. The molecule has 1 unspecified atom stereocenters. The summed E-state index contributed by atoms with van der Waals surface area (Å²) < 4.78 is 0. The van der Waals surface area contributed by atoms with Crippen LogP contribution in [0.4, 0.5) is 0 Å². The minimum absolute atomic E-state index is 0.568. The summed E-state index contributed by atoms with van der Waals surface area (Å²) in [5.41, 5.74) is 1.24. The molecule has 0 radical (unpaired) electrons. The van der Waals surface area contributed by atoms with Crippen LogP contribution in [0.5, 0.6) is 0 Å². The summed E-state index contributed by atoms with van der Waals surface area (Å²) in [7, 11) is 0. The van der Waals surface area contributed by atoms with Gasteiger partial charge in [-0.05, 0) is 25.1 Å². The van der Waals surface area contributed by atoms with E-state index in [-0.39, 0.29) is 0 Å². The van der Waals surface area contributed by atoms with Gasteiger partial charge in [0.05, 0.1) is 0 Å². The van der Waals surface area contributed by atoms with Crippen LogP contribution in [0.15, 0.2) is 18.3 Å². The summed E-state index contributed by atoms with van der Waals surface area (Å²) in [4.78, 5) is 9.14. The Morgan fingerprint density at radius 1 is 1.41 bits per heavy atom. The van der Waals surface area contributed by atoms with E-state index in [4.69, 9.17) is 11.6 Å². The molecule has 3 nitrogen and oxygen atoms in total. The maximum Gasteiger partial charge on any atom is 0.129 e. The predicted octanol–water partition coefficient (Wildman–Crippen LogP) is 2.26. The molecule has 1 saturated heterocycles. The molecule has 17 heavy (non-hydrogen) atoms. The molecule has 1 aliphatic heterocycles. The third-order valence-corrected chi connectivity index (χ3v) is 3.67. The van der Waals surface area contributed by atoms with Crippen molar-refractivity contribution in [1.82, 2.24) is 14.8 Å². The Balaban J connectivity index is 1.90. The highest BCUT2D eigenvalue weighted by Crippen LogP contribution is 2.13. The SMILES string of the molecule is CCN1CCN(Cc2ccc(Cl)nc2)CC1C. The minimum Gasteiger partial charge on any atom is -0.298 e. The van der Waals surface area contributed by atoms with Crippen LogP contribution in [0.25, 0.3) is 0 Å². The van der Waals surface area contributed by atoms with E-state index in [2.05, 4.69) is 34.7 Å². The average molecular weight is 254 g/mol. The zero-order valence-corrected chi connectivity index (χ0v) is 11.3. The molecule has 0 spiro atoms. The molecule has 4 heteroatoms. The lowest BCUT2D eigenvalue weighted by Crippen LogP contribution is -2.51. The fourth-order valence-corrected chi connectivity index (χ4v) is 2.55. The molecule has 1 aliphatic rings. The van der Waals surface area contributed by atoms with Crippen LogP contribution in [-0.2, 0) is 6.54 Å². The smallest absolute Gasteiger partial charge is 0.129 e. The monoisotopic (exact) mass is 253 g/mol. The molecule has 0 N–H and O–H groups in total. The number of aromatic nitrogens is 1. The van der Waals surface area contributed by atoms with Gasteiger partial charge in [0.1, 0.15) is 5.15 Å². The maximum atomic E-state index is 5.78. The Morgan fingerprint density at radius 2 is 2.24 bits per heavy atom. The van der Waals surface area contributed by atoms with Gasteiger partial charge in [0.15, 0.2) is 0 Å². The van der Waals surface area contributed by atoms with Crippen molar-refractivity contribution in [2.45, 2.75) is 26.4 Å². The number of nitrogens with zero attached hydrogens (tertiary/aromatic N) is 3. The molecule has 0 aliphatic carbocycles. The van der Waals surface area contributed by atoms with Crippen LogP contribution >= 0.6 is 11.6 Å². The number of hydrogen-bond acceptors (Lipinski definition) is 3. The summed E-state index contributed by atoms with van der Waals surface area (Å²) in [6, 6.07) is 4.57. The van der Waals surface area contributed by atoms with Crippen LogP contribution in [-0.4, -0.2) is 47.0 Å². The van der Waals surface area contributed by atoms with Crippen molar-refractivity contribution < 1.29 is 0 Å². The molecule has 1 atom stereocenters. The van der Waals surface area contributed by atoms with Crippen LogP contribution in [0, 0.1) is 0 Å². The highest BCUT2D eigenvalue weighted by molar-refractivity contribution is 6.29. The molecule has 1 aromatic heterocycles. The predicted molar refractivity (Wildman–Crippen MR) is 71.2 cm³/mol. The quantitative estimate of drug-likeness (QED) is 0.771. The summed E-state index contributed by atoms with van der Waals surface area (Å²) in [5, 5.41) is 0.568. The first kappa shape index (κ1) is 12.8. The molecule has 2 heterocycles. The van der Waals surface area contributed by atoms with Crippen molar-refractivity contribution in [3.8, 4) is 0 Å². The van der Waals surface area contributed by atoms with Gasteiger partial charge in [0.2, 0.25) is 0 Å². The van der Waals surface area contributed by atoms with Crippen molar-refractivity contribution in [2.75, 3.05) is 26.2 Å². The Hall–Kier alpha value is -0.640. The number of hydrogen-bond donors (Lipinski definition) is 0. The van der Waals surface area contributed by atoms with Crippen molar-refractivity contribution in [3.05, 3.63) is 29.0 Å². The van der Waals surface area contributed by atoms with E-state index in [1.807, 2.05) is 12.3 Å². The Morgan fingerprint density at radius 3 is 2.82 bits per heavy atom. The first-order valence-electron chi connectivity index (χ1n) is 6.26. The van der Waals surface area contributed by atoms with E-state index in [1.165, 1.54) is 12.1 Å². The van der Waals surface area contributed by atoms with Crippen molar-refractivity contribution in [3.63, 3.8) is 0 Å². The van der Waals surface area contributed by atoms with Gasteiger partial charge in [0.25, 0.3) is 0 Å². The molecule has 0 bridgehead atoms. The zero-order chi connectivity index (χ0) is 12.3. The topological polar surface area (TPSA) is 19.4 Å². The summed E-state index contributed by atoms with van der Waals surface area (Å²) in [6.07, 6.45) is 1.87. The zero-order valence-electron chi connectivity index (χ0n) is 10.6. The van der Waals surface area contributed by atoms with Gasteiger partial charge >= 0.3 is 0 Å². The van der Waals surface area contributed by atoms with E-state index >= 15 is 0 Å². The molecule has 94 valence electrons. The fourth-order valence-electron chi connectivity index (χ4n) is 2.44. The third-order valence-electron chi connectivity index (χ3n) is 3.45. The number of likely N-dealkylation sites (N-methyl/N-ethyl adjacent to an activating group) is 1. The average Bonchev–Trinajstić information content (AvgIpc) is 2.32. The highest BCUT2D eigenvalue weighted by atomic mass is 35.5. The molecule has 0 amide bonds. The lowest BCUT2D eigenvalue weighted by atomic mass is 10.1. The third kappa shape index (κ3) is 3.41. The van der Waals surface area contributed by atoms with Gasteiger partial charge < -0.3 is 0 Å². The Bertz CT molecular complexity index is 352. The second-order valence-corrected chi connectivity index (χ2v) is 5.09. The largest absolute Gasteiger partial charge is 0.298 e. The van der Waals surface area contributed by atoms with Crippen LogP contribution in [0.3, 0.4) is 0 Å². The summed E-state index contributed by atoms with van der Waals surface area (Å²) in [5.74, 6) is 0.